The first-order chi connectivity index (χ1) is 18.9. The summed E-state index contributed by atoms with van der Waals surface area (Å²) in [7, 11) is 0. The fourth-order valence-corrected chi connectivity index (χ4v) is 5.15. The zero-order valence-electron chi connectivity index (χ0n) is 21.8. The fourth-order valence-electron chi connectivity index (χ4n) is 5.15. The van der Waals surface area contributed by atoms with E-state index in [0.29, 0.717) is 28.3 Å². The molecule has 0 radical (unpaired) electrons. The lowest BCUT2D eigenvalue weighted by Crippen LogP contribution is -2.52. The number of hydrogen-bond donors (Lipinski definition) is 1. The predicted molar refractivity (Wildman–Crippen MR) is 144 cm³/mol. The Morgan fingerprint density at radius 1 is 0.897 bits per heavy atom. The lowest BCUT2D eigenvalue weighted by Gasteiger charge is -2.36. The second-order valence-corrected chi connectivity index (χ2v) is 9.97. The number of benzene rings is 3. The SMILES string of the molecule is CC(=O)c1ccc(N(C(=O)[C@@H]2COc3ccccc3O2)[C@H](C(=O)NC2CCCCC2)c2ccc(F)cc2)cc1. The molecular weight excluding hydrogens is 499 g/mol. The van der Waals surface area contributed by atoms with Crippen molar-refractivity contribution >= 4 is 23.3 Å². The van der Waals surface area contributed by atoms with Crippen LogP contribution in [0.1, 0.15) is 61.0 Å². The Kier molecular flexibility index (Phi) is 7.91. The largest absolute Gasteiger partial charge is 0.485 e. The highest BCUT2D eigenvalue weighted by atomic mass is 19.1. The molecular formula is C31H31FN2O5. The molecule has 2 amide bonds. The fraction of sp³-hybridized carbons (Fsp3) is 0.323. The number of Topliss-reactive ketones (excluding diaryl/α,β-unsaturated/α-hetero) is 1. The number of nitrogens with one attached hydrogen (secondary N) is 1. The van der Waals surface area contributed by atoms with Crippen molar-refractivity contribution in [2.24, 2.45) is 0 Å². The highest BCUT2D eigenvalue weighted by Gasteiger charge is 2.39. The number of fused-ring (bicyclic) bond motifs is 1. The van der Waals surface area contributed by atoms with Gasteiger partial charge in [-0.15, -0.1) is 0 Å². The average Bonchev–Trinajstić information content (AvgIpc) is 2.96. The molecule has 0 saturated heterocycles. The van der Waals surface area contributed by atoms with Gasteiger partial charge in [0.1, 0.15) is 18.5 Å². The molecule has 1 aliphatic heterocycles. The highest BCUT2D eigenvalue weighted by Crippen LogP contribution is 2.35. The van der Waals surface area contributed by atoms with Crippen LogP contribution in [0.15, 0.2) is 72.8 Å². The van der Waals surface area contributed by atoms with Crippen molar-refractivity contribution in [3.05, 3.63) is 89.7 Å². The molecule has 0 unspecified atom stereocenters. The van der Waals surface area contributed by atoms with Gasteiger partial charge in [-0.2, -0.15) is 0 Å². The Labute approximate surface area is 226 Å². The number of rotatable bonds is 7. The van der Waals surface area contributed by atoms with E-state index >= 15 is 0 Å². The first kappa shape index (κ1) is 26.4. The Bertz CT molecular complexity index is 1340. The van der Waals surface area contributed by atoms with Gasteiger partial charge in [0.25, 0.3) is 5.91 Å². The summed E-state index contributed by atoms with van der Waals surface area (Å²) in [4.78, 5) is 41.5. The van der Waals surface area contributed by atoms with E-state index in [-0.39, 0.29) is 24.3 Å². The van der Waals surface area contributed by atoms with Crippen molar-refractivity contribution < 1.29 is 28.2 Å². The molecule has 5 rings (SSSR count). The van der Waals surface area contributed by atoms with Crippen molar-refractivity contribution in [3.8, 4) is 11.5 Å². The van der Waals surface area contributed by atoms with Crippen LogP contribution < -0.4 is 19.7 Å². The monoisotopic (exact) mass is 530 g/mol. The smallest absolute Gasteiger partial charge is 0.272 e. The van der Waals surface area contributed by atoms with E-state index in [2.05, 4.69) is 5.32 Å². The van der Waals surface area contributed by atoms with Gasteiger partial charge >= 0.3 is 0 Å². The molecule has 1 N–H and O–H groups in total. The first-order valence-electron chi connectivity index (χ1n) is 13.3. The minimum atomic E-state index is -1.11. The number of halogens is 1. The molecule has 0 bridgehead atoms. The van der Waals surface area contributed by atoms with Gasteiger partial charge in [0, 0.05) is 17.3 Å². The van der Waals surface area contributed by atoms with Crippen LogP contribution in [-0.4, -0.2) is 36.4 Å². The van der Waals surface area contributed by atoms with Crippen LogP contribution in [0, 0.1) is 5.82 Å². The van der Waals surface area contributed by atoms with Crippen LogP contribution in [0.2, 0.25) is 0 Å². The van der Waals surface area contributed by atoms with Gasteiger partial charge in [-0.1, -0.05) is 43.5 Å². The third-order valence-corrected chi connectivity index (χ3v) is 7.22. The molecule has 202 valence electrons. The second-order valence-electron chi connectivity index (χ2n) is 9.97. The summed E-state index contributed by atoms with van der Waals surface area (Å²) in [5.41, 5.74) is 1.33. The van der Waals surface area contributed by atoms with E-state index in [9.17, 15) is 18.8 Å². The molecule has 7 nitrogen and oxygen atoms in total. The lowest BCUT2D eigenvalue weighted by molar-refractivity contribution is -0.132. The van der Waals surface area contributed by atoms with E-state index in [1.54, 1.807) is 42.5 Å². The third-order valence-electron chi connectivity index (χ3n) is 7.22. The molecule has 8 heteroatoms. The van der Waals surface area contributed by atoms with Crippen LogP contribution in [0.3, 0.4) is 0 Å². The molecule has 3 aromatic rings. The zero-order chi connectivity index (χ0) is 27.4. The Morgan fingerprint density at radius 3 is 2.23 bits per heavy atom. The van der Waals surface area contributed by atoms with Crippen LogP contribution in [0.25, 0.3) is 0 Å². The molecule has 0 spiro atoms. The topological polar surface area (TPSA) is 84.9 Å². The minimum absolute atomic E-state index is 0.00706. The number of anilines is 1. The zero-order valence-corrected chi connectivity index (χ0v) is 21.8. The van der Waals surface area contributed by atoms with Crippen molar-refractivity contribution in [1.29, 1.82) is 0 Å². The summed E-state index contributed by atoms with van der Waals surface area (Å²) >= 11 is 0. The summed E-state index contributed by atoms with van der Waals surface area (Å²) in [6.45, 7) is 1.42. The van der Waals surface area contributed by atoms with Crippen molar-refractivity contribution in [1.82, 2.24) is 5.32 Å². The van der Waals surface area contributed by atoms with E-state index in [0.717, 1.165) is 32.1 Å². The van der Waals surface area contributed by atoms with E-state index < -0.39 is 23.9 Å². The van der Waals surface area contributed by atoms with Gasteiger partial charge in [-0.3, -0.25) is 19.3 Å². The summed E-state index contributed by atoms with van der Waals surface area (Å²) in [6.07, 6.45) is 3.86. The number of carbonyl (C=O) groups is 3. The summed E-state index contributed by atoms with van der Waals surface area (Å²) < 4.78 is 25.7. The molecule has 2 atom stereocenters. The van der Waals surface area contributed by atoms with Gasteiger partial charge in [0.2, 0.25) is 12.0 Å². The Hall–Kier alpha value is -4.20. The molecule has 1 heterocycles. The summed E-state index contributed by atoms with van der Waals surface area (Å²) in [6, 6.07) is 18.0. The Balaban J connectivity index is 1.55. The molecule has 1 saturated carbocycles. The summed E-state index contributed by atoms with van der Waals surface area (Å²) in [5, 5.41) is 3.13. The van der Waals surface area contributed by atoms with Crippen LogP contribution in [-0.2, 0) is 9.59 Å². The van der Waals surface area contributed by atoms with Crippen molar-refractivity contribution in [2.75, 3.05) is 11.5 Å². The maximum Gasteiger partial charge on any atom is 0.272 e. The maximum atomic E-state index is 14.2. The number of para-hydroxylation sites is 2. The number of ketones is 1. The van der Waals surface area contributed by atoms with Gasteiger partial charge in [-0.05, 0) is 73.9 Å². The lowest BCUT2D eigenvalue weighted by atomic mass is 9.94. The normalized spacial score (nSPS) is 17.6. The summed E-state index contributed by atoms with van der Waals surface area (Å²) in [5.74, 6) is -0.467. The third kappa shape index (κ3) is 5.95. The van der Waals surface area contributed by atoms with Crippen LogP contribution >= 0.6 is 0 Å². The first-order valence-corrected chi connectivity index (χ1v) is 13.3. The Morgan fingerprint density at radius 2 is 1.56 bits per heavy atom. The van der Waals surface area contributed by atoms with Crippen LogP contribution in [0.4, 0.5) is 10.1 Å². The second kappa shape index (κ2) is 11.7. The van der Waals surface area contributed by atoms with Gasteiger partial charge in [0.15, 0.2) is 17.3 Å². The van der Waals surface area contributed by atoms with Crippen LogP contribution in [0.5, 0.6) is 11.5 Å². The quantitative estimate of drug-likeness (QED) is 0.414. The standard InChI is InChI=1S/C31H31FN2O5/c1-20(35)21-13-17-25(18-14-21)34(31(37)28-19-38-26-9-5-6-10-27(26)39-28)29(22-11-15-23(32)16-12-22)30(36)33-24-7-3-2-4-8-24/h5-6,9-18,24,28-29H,2-4,7-8,19H2,1H3,(H,33,36)/t28-,29-/m0/s1. The van der Waals surface area contributed by atoms with E-state index in [4.69, 9.17) is 9.47 Å². The molecule has 39 heavy (non-hydrogen) atoms. The maximum absolute atomic E-state index is 14.2. The van der Waals surface area contributed by atoms with E-state index in [1.165, 1.54) is 36.1 Å². The van der Waals surface area contributed by atoms with Crippen molar-refractivity contribution in [2.45, 2.75) is 57.2 Å². The number of ether oxygens (including phenoxy) is 2. The molecule has 2 aliphatic rings. The molecule has 1 fully saturated rings. The van der Waals surface area contributed by atoms with Gasteiger partial charge < -0.3 is 14.8 Å². The number of nitrogens with zero attached hydrogens (tertiary/aromatic N) is 1. The number of amides is 2. The molecule has 3 aromatic carbocycles. The molecule has 1 aliphatic carbocycles. The molecule has 0 aromatic heterocycles. The highest BCUT2D eigenvalue weighted by molar-refractivity contribution is 6.04. The number of hydrogen-bond acceptors (Lipinski definition) is 5. The van der Waals surface area contributed by atoms with Gasteiger partial charge in [-0.25, -0.2) is 4.39 Å². The predicted octanol–water partition coefficient (Wildman–Crippen LogP) is 5.39. The average molecular weight is 531 g/mol. The minimum Gasteiger partial charge on any atom is -0.485 e. The van der Waals surface area contributed by atoms with E-state index in [1.807, 2.05) is 6.07 Å². The number of carbonyl (C=O) groups excluding carboxylic acids is 3. The van der Waals surface area contributed by atoms with Gasteiger partial charge in [0.05, 0.1) is 0 Å². The van der Waals surface area contributed by atoms with Crippen molar-refractivity contribution in [3.63, 3.8) is 0 Å².